The SMILES string of the molecule is COC(=O)c1ccc(-c2ccc(C(=O)OC)cc2O)c(O)c1. The predicted octanol–water partition coefficient (Wildman–Crippen LogP) is 2.34. The van der Waals surface area contributed by atoms with Crippen LogP contribution in [0.2, 0.25) is 0 Å². The highest BCUT2D eigenvalue weighted by molar-refractivity contribution is 5.93. The zero-order valence-electron chi connectivity index (χ0n) is 12.0. The molecule has 2 rings (SSSR count). The van der Waals surface area contributed by atoms with Gasteiger partial charge in [-0.1, -0.05) is 0 Å². The number of carbonyl (C=O) groups excluding carboxylic acids is 2. The molecule has 6 nitrogen and oxygen atoms in total. The van der Waals surface area contributed by atoms with Crippen LogP contribution in [-0.2, 0) is 9.47 Å². The zero-order valence-corrected chi connectivity index (χ0v) is 12.0. The van der Waals surface area contributed by atoms with Gasteiger partial charge in [-0.05, 0) is 36.4 Å². The number of aromatic hydroxyl groups is 2. The van der Waals surface area contributed by atoms with Gasteiger partial charge in [-0.15, -0.1) is 0 Å². The largest absolute Gasteiger partial charge is 0.507 e. The lowest BCUT2D eigenvalue weighted by molar-refractivity contribution is 0.0591. The van der Waals surface area contributed by atoms with Crippen LogP contribution in [0.3, 0.4) is 0 Å². The standard InChI is InChI=1S/C16H14O6/c1-21-15(19)9-3-5-11(13(17)7-9)12-6-4-10(8-14(12)18)16(20)22-2/h3-8,17-18H,1-2H3. The third kappa shape index (κ3) is 2.85. The molecule has 114 valence electrons. The van der Waals surface area contributed by atoms with E-state index in [1.807, 2.05) is 0 Å². The molecule has 0 unspecified atom stereocenters. The molecule has 0 saturated heterocycles. The van der Waals surface area contributed by atoms with Crippen LogP contribution >= 0.6 is 0 Å². The number of ether oxygens (including phenoxy) is 2. The van der Waals surface area contributed by atoms with Gasteiger partial charge in [0.1, 0.15) is 11.5 Å². The predicted molar refractivity (Wildman–Crippen MR) is 77.9 cm³/mol. The molecule has 2 aromatic carbocycles. The van der Waals surface area contributed by atoms with Crippen molar-refractivity contribution in [2.75, 3.05) is 14.2 Å². The van der Waals surface area contributed by atoms with Gasteiger partial charge in [-0.2, -0.15) is 0 Å². The second kappa shape index (κ2) is 6.17. The van der Waals surface area contributed by atoms with E-state index in [-0.39, 0.29) is 22.6 Å². The number of methoxy groups -OCH3 is 2. The molecule has 0 aromatic heterocycles. The van der Waals surface area contributed by atoms with Gasteiger partial charge >= 0.3 is 11.9 Å². The Morgan fingerprint density at radius 2 is 1.14 bits per heavy atom. The van der Waals surface area contributed by atoms with Crippen LogP contribution in [0.5, 0.6) is 11.5 Å². The number of carbonyl (C=O) groups is 2. The molecule has 0 atom stereocenters. The number of hydrogen-bond donors (Lipinski definition) is 2. The van der Waals surface area contributed by atoms with E-state index in [1.54, 1.807) is 0 Å². The Morgan fingerprint density at radius 1 is 0.773 bits per heavy atom. The molecule has 2 N–H and O–H groups in total. The third-order valence-electron chi connectivity index (χ3n) is 3.13. The lowest BCUT2D eigenvalue weighted by atomic mass is 10.00. The Labute approximate surface area is 126 Å². The molecule has 0 bridgehead atoms. The number of hydrogen-bond acceptors (Lipinski definition) is 6. The third-order valence-corrected chi connectivity index (χ3v) is 3.13. The van der Waals surface area contributed by atoms with E-state index in [1.165, 1.54) is 50.6 Å². The molecule has 0 fully saturated rings. The van der Waals surface area contributed by atoms with Crippen LogP contribution in [0, 0.1) is 0 Å². The van der Waals surface area contributed by atoms with Crippen molar-refractivity contribution in [3.63, 3.8) is 0 Å². The minimum Gasteiger partial charge on any atom is -0.507 e. The molecule has 6 heteroatoms. The normalized spacial score (nSPS) is 10.1. The zero-order chi connectivity index (χ0) is 16.3. The van der Waals surface area contributed by atoms with E-state index in [9.17, 15) is 19.8 Å². The van der Waals surface area contributed by atoms with Crippen LogP contribution in [0.4, 0.5) is 0 Å². The van der Waals surface area contributed by atoms with Gasteiger partial charge in [0.15, 0.2) is 0 Å². The lowest BCUT2D eigenvalue weighted by Crippen LogP contribution is -2.01. The van der Waals surface area contributed by atoms with Gasteiger partial charge in [-0.3, -0.25) is 0 Å². The van der Waals surface area contributed by atoms with Crippen molar-refractivity contribution in [3.8, 4) is 22.6 Å². The van der Waals surface area contributed by atoms with Gasteiger partial charge in [0.05, 0.1) is 25.3 Å². The van der Waals surface area contributed by atoms with Crippen LogP contribution in [0.15, 0.2) is 36.4 Å². The summed E-state index contributed by atoms with van der Waals surface area (Å²) >= 11 is 0. The molecular formula is C16H14O6. The number of phenolic OH excluding ortho intramolecular Hbond substituents is 2. The van der Waals surface area contributed by atoms with Gasteiger partial charge in [0, 0.05) is 11.1 Å². The molecule has 0 amide bonds. The smallest absolute Gasteiger partial charge is 0.337 e. The first-order valence-corrected chi connectivity index (χ1v) is 6.31. The van der Waals surface area contributed by atoms with E-state index >= 15 is 0 Å². The summed E-state index contributed by atoms with van der Waals surface area (Å²) in [5, 5.41) is 20.1. The van der Waals surface area contributed by atoms with E-state index in [2.05, 4.69) is 9.47 Å². The summed E-state index contributed by atoms with van der Waals surface area (Å²) in [6.45, 7) is 0. The number of phenols is 2. The molecule has 0 aliphatic carbocycles. The summed E-state index contributed by atoms with van der Waals surface area (Å²) in [6, 6.07) is 8.38. The fourth-order valence-electron chi connectivity index (χ4n) is 2.01. The van der Waals surface area contributed by atoms with E-state index < -0.39 is 11.9 Å². The van der Waals surface area contributed by atoms with Crippen molar-refractivity contribution in [1.82, 2.24) is 0 Å². The molecule has 2 aromatic rings. The van der Waals surface area contributed by atoms with E-state index in [4.69, 9.17) is 0 Å². The lowest BCUT2D eigenvalue weighted by Gasteiger charge is -2.09. The van der Waals surface area contributed by atoms with Gasteiger partial charge < -0.3 is 19.7 Å². The fourth-order valence-corrected chi connectivity index (χ4v) is 2.01. The Balaban J connectivity index is 2.44. The van der Waals surface area contributed by atoms with Crippen molar-refractivity contribution < 1.29 is 29.3 Å². The van der Waals surface area contributed by atoms with Gasteiger partial charge in [0.25, 0.3) is 0 Å². The maximum Gasteiger partial charge on any atom is 0.337 e. The molecular weight excluding hydrogens is 288 g/mol. The fraction of sp³-hybridized carbons (Fsp3) is 0.125. The van der Waals surface area contributed by atoms with E-state index in [0.717, 1.165) is 0 Å². The van der Waals surface area contributed by atoms with Gasteiger partial charge in [0.2, 0.25) is 0 Å². The Kier molecular flexibility index (Phi) is 4.31. The molecule has 0 heterocycles. The van der Waals surface area contributed by atoms with Crippen LogP contribution in [0.25, 0.3) is 11.1 Å². The molecule has 0 saturated carbocycles. The first-order chi connectivity index (χ1) is 10.5. The maximum absolute atomic E-state index is 11.4. The van der Waals surface area contributed by atoms with E-state index in [0.29, 0.717) is 11.1 Å². The topological polar surface area (TPSA) is 93.1 Å². The van der Waals surface area contributed by atoms with Crippen LogP contribution < -0.4 is 0 Å². The Hall–Kier alpha value is -3.02. The highest BCUT2D eigenvalue weighted by atomic mass is 16.5. The van der Waals surface area contributed by atoms with Crippen molar-refractivity contribution in [2.45, 2.75) is 0 Å². The Morgan fingerprint density at radius 3 is 1.41 bits per heavy atom. The summed E-state index contributed by atoms with van der Waals surface area (Å²) in [7, 11) is 2.48. The summed E-state index contributed by atoms with van der Waals surface area (Å²) in [5.74, 6) is -1.53. The summed E-state index contributed by atoms with van der Waals surface area (Å²) in [4.78, 5) is 22.8. The second-order valence-electron chi connectivity index (χ2n) is 4.45. The van der Waals surface area contributed by atoms with Gasteiger partial charge in [-0.25, -0.2) is 9.59 Å². The monoisotopic (exact) mass is 302 g/mol. The van der Waals surface area contributed by atoms with Crippen LogP contribution in [-0.4, -0.2) is 36.4 Å². The summed E-state index contributed by atoms with van der Waals surface area (Å²) in [5.41, 5.74) is 1.02. The first kappa shape index (κ1) is 15.4. The number of benzene rings is 2. The second-order valence-corrected chi connectivity index (χ2v) is 4.45. The summed E-state index contributed by atoms with van der Waals surface area (Å²) in [6.07, 6.45) is 0. The van der Waals surface area contributed by atoms with Crippen molar-refractivity contribution in [1.29, 1.82) is 0 Å². The molecule has 0 radical (unpaired) electrons. The summed E-state index contributed by atoms with van der Waals surface area (Å²) < 4.78 is 9.13. The molecule has 0 aliphatic rings. The highest BCUT2D eigenvalue weighted by Crippen LogP contribution is 2.36. The minimum absolute atomic E-state index is 0.189. The van der Waals surface area contributed by atoms with Crippen LogP contribution in [0.1, 0.15) is 20.7 Å². The average Bonchev–Trinajstić information content (AvgIpc) is 2.53. The maximum atomic E-state index is 11.4. The minimum atomic E-state index is -0.577. The van der Waals surface area contributed by atoms with Crippen molar-refractivity contribution in [2.24, 2.45) is 0 Å². The Bertz CT molecular complexity index is 672. The molecule has 0 aliphatic heterocycles. The highest BCUT2D eigenvalue weighted by Gasteiger charge is 2.15. The molecule has 0 spiro atoms. The average molecular weight is 302 g/mol. The quantitative estimate of drug-likeness (QED) is 0.845. The number of esters is 2. The van der Waals surface area contributed by atoms with Crippen molar-refractivity contribution >= 4 is 11.9 Å². The van der Waals surface area contributed by atoms with Crippen molar-refractivity contribution in [3.05, 3.63) is 47.5 Å². The first-order valence-electron chi connectivity index (χ1n) is 6.31. The number of rotatable bonds is 3. The molecule has 22 heavy (non-hydrogen) atoms.